The largest absolute Gasteiger partial charge is 0.337 e. The number of hydrogen-bond acceptors (Lipinski definition) is 3. The first-order valence-corrected chi connectivity index (χ1v) is 11.0. The quantitative estimate of drug-likeness (QED) is 0.463. The smallest absolute Gasteiger partial charge is 0.152 e. The highest BCUT2D eigenvalue weighted by atomic mass is 15.3. The van der Waals surface area contributed by atoms with Crippen LogP contribution >= 0.6 is 0 Å². The van der Waals surface area contributed by atoms with Gasteiger partial charge in [-0.1, -0.05) is 43.7 Å². The van der Waals surface area contributed by atoms with Gasteiger partial charge in [0.2, 0.25) is 0 Å². The summed E-state index contributed by atoms with van der Waals surface area (Å²) in [5.41, 5.74) is 4.61. The maximum absolute atomic E-state index is 4.62. The number of anilines is 2. The standard InChI is InChI=1S/C23H28N4.C3H6/c1-3-17-4-6-18(7-5-17)19-8-10-20(11-9-19)22-13-12-21(16-24-22)25-23-14-15-27(2)26-23;1-3-2/h8-18H,3-7H2,1-2H3,(H,25,26);3H,1H2,2H3. The van der Waals surface area contributed by atoms with E-state index in [0.29, 0.717) is 0 Å². The van der Waals surface area contributed by atoms with Crippen molar-refractivity contribution in [1.82, 2.24) is 14.8 Å². The van der Waals surface area contributed by atoms with E-state index in [1.165, 1.54) is 43.2 Å². The molecule has 1 aromatic carbocycles. The average molecular weight is 403 g/mol. The highest BCUT2D eigenvalue weighted by Gasteiger charge is 2.21. The van der Waals surface area contributed by atoms with Crippen LogP contribution in [0.4, 0.5) is 11.5 Å². The topological polar surface area (TPSA) is 42.7 Å². The van der Waals surface area contributed by atoms with Gasteiger partial charge in [-0.15, -0.1) is 6.58 Å². The Morgan fingerprint density at radius 3 is 2.30 bits per heavy atom. The molecule has 4 nitrogen and oxygen atoms in total. The molecule has 158 valence electrons. The van der Waals surface area contributed by atoms with Crippen LogP contribution in [0.3, 0.4) is 0 Å². The van der Waals surface area contributed by atoms with Crippen LogP contribution in [0.1, 0.15) is 57.4 Å². The number of rotatable bonds is 5. The van der Waals surface area contributed by atoms with Gasteiger partial charge >= 0.3 is 0 Å². The van der Waals surface area contributed by atoms with Gasteiger partial charge in [0.05, 0.1) is 17.6 Å². The average Bonchev–Trinajstić information content (AvgIpc) is 3.19. The summed E-state index contributed by atoms with van der Waals surface area (Å²) >= 11 is 0. The van der Waals surface area contributed by atoms with Gasteiger partial charge in [0.15, 0.2) is 5.82 Å². The molecule has 4 heteroatoms. The molecule has 3 aromatic rings. The van der Waals surface area contributed by atoms with Crippen LogP contribution in [0.5, 0.6) is 0 Å². The molecular formula is C26H34N4. The molecule has 0 saturated heterocycles. The summed E-state index contributed by atoms with van der Waals surface area (Å²) in [7, 11) is 1.91. The van der Waals surface area contributed by atoms with Crippen molar-refractivity contribution in [1.29, 1.82) is 0 Å². The number of allylic oxidation sites excluding steroid dienone is 1. The summed E-state index contributed by atoms with van der Waals surface area (Å²) in [5.74, 6) is 2.51. The molecule has 2 heterocycles. The van der Waals surface area contributed by atoms with Gasteiger partial charge < -0.3 is 5.32 Å². The zero-order chi connectivity index (χ0) is 21.3. The third kappa shape index (κ3) is 5.82. The summed E-state index contributed by atoms with van der Waals surface area (Å²) in [6.45, 7) is 7.57. The van der Waals surface area contributed by atoms with Crippen LogP contribution < -0.4 is 5.32 Å². The molecule has 0 spiro atoms. The lowest BCUT2D eigenvalue weighted by atomic mass is 9.78. The van der Waals surface area contributed by atoms with Gasteiger partial charge in [0, 0.05) is 24.9 Å². The minimum atomic E-state index is 0.736. The Balaban J connectivity index is 0.000000806. The molecule has 1 aliphatic carbocycles. The van der Waals surface area contributed by atoms with Crippen LogP contribution in [0, 0.1) is 5.92 Å². The second kappa shape index (κ2) is 10.8. The lowest BCUT2D eigenvalue weighted by Gasteiger charge is -2.28. The lowest BCUT2D eigenvalue weighted by Crippen LogP contribution is -2.12. The number of nitrogens with zero attached hydrogens (tertiary/aromatic N) is 3. The fraction of sp³-hybridized carbons (Fsp3) is 0.385. The van der Waals surface area contributed by atoms with Gasteiger partial charge in [-0.25, -0.2) is 0 Å². The number of pyridine rings is 1. The van der Waals surface area contributed by atoms with E-state index in [1.807, 2.05) is 32.4 Å². The van der Waals surface area contributed by atoms with Crippen LogP contribution in [0.2, 0.25) is 0 Å². The number of aromatic nitrogens is 3. The Morgan fingerprint density at radius 1 is 1.07 bits per heavy atom. The Morgan fingerprint density at radius 2 is 1.77 bits per heavy atom. The van der Waals surface area contributed by atoms with Crippen LogP contribution in [-0.2, 0) is 7.05 Å². The molecule has 2 aromatic heterocycles. The zero-order valence-corrected chi connectivity index (χ0v) is 18.5. The maximum Gasteiger partial charge on any atom is 0.152 e. The van der Waals surface area contributed by atoms with Gasteiger partial charge in [-0.3, -0.25) is 9.67 Å². The third-order valence-corrected chi connectivity index (χ3v) is 5.85. The van der Waals surface area contributed by atoms with E-state index in [0.717, 1.165) is 29.0 Å². The summed E-state index contributed by atoms with van der Waals surface area (Å²) in [6, 6.07) is 15.1. The van der Waals surface area contributed by atoms with Crippen LogP contribution in [0.15, 0.2) is 67.5 Å². The van der Waals surface area contributed by atoms with E-state index < -0.39 is 0 Å². The fourth-order valence-electron chi connectivity index (χ4n) is 4.10. The monoisotopic (exact) mass is 402 g/mol. The molecule has 0 bridgehead atoms. The predicted octanol–water partition coefficient (Wildman–Crippen LogP) is 7.10. The first kappa shape index (κ1) is 21.8. The minimum absolute atomic E-state index is 0.736. The number of benzene rings is 1. The Hall–Kier alpha value is -2.88. The van der Waals surface area contributed by atoms with Crippen molar-refractivity contribution < 1.29 is 0 Å². The number of aryl methyl sites for hydroxylation is 1. The van der Waals surface area contributed by atoms with E-state index in [1.54, 1.807) is 10.8 Å². The molecule has 0 radical (unpaired) electrons. The molecule has 0 amide bonds. The number of hydrogen-bond donors (Lipinski definition) is 1. The van der Waals surface area contributed by atoms with E-state index in [-0.39, 0.29) is 0 Å². The Kier molecular flexibility index (Phi) is 7.83. The second-order valence-electron chi connectivity index (χ2n) is 8.09. The summed E-state index contributed by atoms with van der Waals surface area (Å²) in [6.07, 6.45) is 12.3. The highest BCUT2D eigenvalue weighted by molar-refractivity contribution is 5.63. The SMILES string of the molecule is C=CC.CCC1CCC(c2ccc(-c3ccc(Nc4ccn(C)n4)cn3)cc2)CC1. The van der Waals surface area contributed by atoms with Gasteiger partial charge in [0.1, 0.15) is 0 Å². The molecular weight excluding hydrogens is 368 g/mol. The molecule has 1 N–H and O–H groups in total. The van der Waals surface area contributed by atoms with Gasteiger partial charge in [-0.05, 0) is 62.1 Å². The molecule has 1 aliphatic rings. The van der Waals surface area contributed by atoms with Gasteiger partial charge in [-0.2, -0.15) is 5.10 Å². The maximum atomic E-state index is 4.62. The van der Waals surface area contributed by atoms with E-state index >= 15 is 0 Å². The number of nitrogens with one attached hydrogen (secondary N) is 1. The first-order valence-electron chi connectivity index (χ1n) is 11.0. The third-order valence-electron chi connectivity index (χ3n) is 5.85. The molecule has 4 rings (SSSR count). The van der Waals surface area contributed by atoms with Crippen molar-refractivity contribution in [3.05, 3.63) is 73.1 Å². The van der Waals surface area contributed by atoms with Crippen molar-refractivity contribution in [3.63, 3.8) is 0 Å². The first-order chi connectivity index (χ1) is 14.6. The Labute approximate surface area is 181 Å². The summed E-state index contributed by atoms with van der Waals surface area (Å²) < 4.78 is 1.78. The molecule has 0 unspecified atom stereocenters. The van der Waals surface area contributed by atoms with E-state index in [9.17, 15) is 0 Å². The zero-order valence-electron chi connectivity index (χ0n) is 18.5. The van der Waals surface area contributed by atoms with Crippen molar-refractivity contribution in [2.75, 3.05) is 5.32 Å². The van der Waals surface area contributed by atoms with Crippen LogP contribution in [0.25, 0.3) is 11.3 Å². The van der Waals surface area contributed by atoms with E-state index in [2.05, 4.69) is 65.3 Å². The van der Waals surface area contributed by atoms with Crippen molar-refractivity contribution in [2.24, 2.45) is 13.0 Å². The van der Waals surface area contributed by atoms with E-state index in [4.69, 9.17) is 0 Å². The van der Waals surface area contributed by atoms with Gasteiger partial charge in [0.25, 0.3) is 0 Å². The van der Waals surface area contributed by atoms with Crippen molar-refractivity contribution in [3.8, 4) is 11.3 Å². The molecule has 30 heavy (non-hydrogen) atoms. The predicted molar refractivity (Wildman–Crippen MR) is 127 cm³/mol. The fourth-order valence-corrected chi connectivity index (χ4v) is 4.10. The summed E-state index contributed by atoms with van der Waals surface area (Å²) in [4.78, 5) is 4.62. The molecule has 1 fully saturated rings. The van der Waals surface area contributed by atoms with Crippen LogP contribution in [-0.4, -0.2) is 14.8 Å². The highest BCUT2D eigenvalue weighted by Crippen LogP contribution is 2.37. The summed E-state index contributed by atoms with van der Waals surface area (Å²) in [5, 5.41) is 7.60. The second-order valence-corrected chi connectivity index (χ2v) is 8.09. The molecule has 0 atom stereocenters. The minimum Gasteiger partial charge on any atom is -0.337 e. The van der Waals surface area contributed by atoms with Crippen molar-refractivity contribution in [2.45, 2.75) is 51.9 Å². The lowest BCUT2D eigenvalue weighted by molar-refractivity contribution is 0.319. The van der Waals surface area contributed by atoms with Crippen molar-refractivity contribution >= 4 is 11.5 Å². The normalized spacial score (nSPS) is 18.2. The molecule has 0 aliphatic heterocycles. The molecule has 1 saturated carbocycles. The Bertz CT molecular complexity index is 901.